The number of amides is 1. The van der Waals surface area contributed by atoms with Gasteiger partial charge in [0.05, 0.1) is 18.2 Å². The Kier molecular flexibility index (Phi) is 8.16. The fourth-order valence-electron chi connectivity index (χ4n) is 3.84. The van der Waals surface area contributed by atoms with Crippen molar-refractivity contribution in [1.82, 2.24) is 9.80 Å². The molecule has 0 radical (unpaired) electrons. The van der Waals surface area contributed by atoms with E-state index in [4.69, 9.17) is 16.3 Å². The van der Waals surface area contributed by atoms with Crippen molar-refractivity contribution in [2.45, 2.75) is 26.3 Å². The minimum atomic E-state index is -0.714. The number of aliphatic hydroxyl groups is 1. The number of ether oxygens (including phenoxy) is 1. The average molecular weight is 471 g/mol. The maximum atomic E-state index is 13.1. The lowest BCUT2D eigenvalue weighted by Gasteiger charge is -2.26. The van der Waals surface area contributed by atoms with Crippen molar-refractivity contribution in [1.29, 1.82) is 0 Å². The lowest BCUT2D eigenvalue weighted by atomic mass is 9.95. The van der Waals surface area contributed by atoms with E-state index >= 15 is 0 Å². The molecule has 0 aromatic heterocycles. The van der Waals surface area contributed by atoms with E-state index in [9.17, 15) is 14.7 Å². The van der Waals surface area contributed by atoms with Crippen LogP contribution >= 0.6 is 11.6 Å². The molecule has 6 nitrogen and oxygen atoms in total. The molecule has 1 heterocycles. The summed E-state index contributed by atoms with van der Waals surface area (Å²) in [7, 11) is 3.92. The first kappa shape index (κ1) is 24.8. The Balaban J connectivity index is 2.07. The summed E-state index contributed by atoms with van der Waals surface area (Å²) in [4.78, 5) is 29.7. The summed E-state index contributed by atoms with van der Waals surface area (Å²) in [5.74, 6) is -0.535. The van der Waals surface area contributed by atoms with Gasteiger partial charge in [0.25, 0.3) is 11.7 Å². The van der Waals surface area contributed by atoms with E-state index in [0.717, 1.165) is 6.54 Å². The molecule has 1 atom stereocenters. The van der Waals surface area contributed by atoms with Crippen LogP contribution in [0, 0.1) is 5.92 Å². The maximum absolute atomic E-state index is 13.1. The molecular weight excluding hydrogens is 440 g/mol. The Morgan fingerprint density at radius 1 is 1.15 bits per heavy atom. The summed E-state index contributed by atoms with van der Waals surface area (Å²) in [6, 6.07) is 13.3. The number of carbonyl (C=O) groups excluding carboxylic acids is 2. The molecule has 2 aromatic carbocycles. The molecule has 1 aliphatic rings. The Hall–Kier alpha value is -2.83. The number of ketones is 1. The zero-order chi connectivity index (χ0) is 24.1. The third-order valence-corrected chi connectivity index (χ3v) is 5.63. The van der Waals surface area contributed by atoms with Crippen LogP contribution in [0.25, 0.3) is 5.76 Å². The normalized spacial score (nSPS) is 17.9. The van der Waals surface area contributed by atoms with Gasteiger partial charge < -0.3 is 19.6 Å². The van der Waals surface area contributed by atoms with Gasteiger partial charge in [-0.05, 0) is 62.8 Å². The van der Waals surface area contributed by atoms with Crippen LogP contribution in [0.2, 0.25) is 5.02 Å². The first-order valence-electron chi connectivity index (χ1n) is 11.1. The topological polar surface area (TPSA) is 70.1 Å². The van der Waals surface area contributed by atoms with Gasteiger partial charge in [0, 0.05) is 17.1 Å². The molecule has 0 spiro atoms. The summed E-state index contributed by atoms with van der Waals surface area (Å²) in [6.45, 7) is 5.83. The van der Waals surface area contributed by atoms with Gasteiger partial charge in [-0.2, -0.15) is 0 Å². The number of nitrogens with zero attached hydrogens (tertiary/aromatic N) is 2. The third kappa shape index (κ3) is 5.95. The Labute approximate surface area is 200 Å². The predicted octanol–water partition coefficient (Wildman–Crippen LogP) is 4.75. The van der Waals surface area contributed by atoms with Crippen molar-refractivity contribution in [3.05, 3.63) is 70.3 Å². The highest BCUT2D eigenvalue weighted by Crippen LogP contribution is 2.40. The minimum absolute atomic E-state index is 0.0631. The van der Waals surface area contributed by atoms with Crippen LogP contribution in [0.15, 0.2) is 54.1 Å². The Morgan fingerprint density at radius 3 is 2.55 bits per heavy atom. The molecule has 0 saturated carbocycles. The Bertz CT molecular complexity index is 1050. The van der Waals surface area contributed by atoms with Crippen molar-refractivity contribution in [2.24, 2.45) is 5.92 Å². The average Bonchev–Trinajstić information content (AvgIpc) is 3.02. The largest absolute Gasteiger partial charge is 0.507 e. The summed E-state index contributed by atoms with van der Waals surface area (Å²) in [5, 5.41) is 11.6. The number of carbonyl (C=O) groups is 2. The van der Waals surface area contributed by atoms with Gasteiger partial charge in [-0.15, -0.1) is 0 Å². The highest BCUT2D eigenvalue weighted by atomic mass is 35.5. The number of halogens is 1. The molecule has 1 saturated heterocycles. The van der Waals surface area contributed by atoms with Crippen molar-refractivity contribution >= 4 is 29.1 Å². The van der Waals surface area contributed by atoms with Gasteiger partial charge in [-0.1, -0.05) is 49.7 Å². The number of likely N-dealkylation sites (tertiary alicyclic amines) is 1. The maximum Gasteiger partial charge on any atom is 0.295 e. The number of rotatable bonds is 9. The standard InChI is InChI=1S/C26H31ClN2O4/c1-17(2)16-33-21-11-6-8-18(15-21)23-22(24(30)19-9-5-10-20(27)14-19)25(31)26(32)29(23)13-7-12-28(3)4/h5-6,8-11,14-15,17,23,30H,7,12-13,16H2,1-4H3/b24-22-. The molecule has 1 N–H and O–H groups in total. The van der Waals surface area contributed by atoms with Crippen molar-refractivity contribution in [2.75, 3.05) is 33.8 Å². The second-order valence-corrected chi connectivity index (χ2v) is 9.37. The van der Waals surface area contributed by atoms with Gasteiger partial charge >= 0.3 is 0 Å². The van der Waals surface area contributed by atoms with E-state index < -0.39 is 17.7 Å². The molecule has 3 rings (SSSR count). The van der Waals surface area contributed by atoms with Crippen LogP contribution < -0.4 is 4.74 Å². The summed E-state index contributed by atoms with van der Waals surface area (Å²) in [5.41, 5.74) is 1.17. The van der Waals surface area contributed by atoms with E-state index in [1.807, 2.05) is 43.3 Å². The summed E-state index contributed by atoms with van der Waals surface area (Å²) < 4.78 is 5.87. The van der Waals surface area contributed by atoms with E-state index in [2.05, 4.69) is 13.8 Å². The second kappa shape index (κ2) is 10.9. The molecule has 0 bridgehead atoms. The van der Waals surface area contributed by atoms with Gasteiger partial charge in [0.2, 0.25) is 0 Å². The highest BCUT2D eigenvalue weighted by Gasteiger charge is 2.45. The molecule has 7 heteroatoms. The Morgan fingerprint density at radius 2 is 1.88 bits per heavy atom. The fourth-order valence-corrected chi connectivity index (χ4v) is 4.03. The minimum Gasteiger partial charge on any atom is -0.507 e. The lowest BCUT2D eigenvalue weighted by molar-refractivity contribution is -0.139. The van der Waals surface area contributed by atoms with Crippen LogP contribution in [0.5, 0.6) is 5.75 Å². The molecule has 33 heavy (non-hydrogen) atoms. The van der Waals surface area contributed by atoms with Crippen LogP contribution in [0.3, 0.4) is 0 Å². The molecule has 1 unspecified atom stereocenters. The lowest BCUT2D eigenvalue weighted by Crippen LogP contribution is -2.32. The summed E-state index contributed by atoms with van der Waals surface area (Å²) in [6.07, 6.45) is 0.692. The van der Waals surface area contributed by atoms with E-state index in [1.54, 1.807) is 29.2 Å². The van der Waals surface area contributed by atoms with Crippen LogP contribution in [0.4, 0.5) is 0 Å². The molecular formula is C26H31ClN2O4. The monoisotopic (exact) mass is 470 g/mol. The van der Waals surface area contributed by atoms with E-state index in [-0.39, 0.29) is 11.3 Å². The molecule has 176 valence electrons. The van der Waals surface area contributed by atoms with Crippen LogP contribution in [0.1, 0.15) is 37.4 Å². The number of hydrogen-bond donors (Lipinski definition) is 1. The quantitative estimate of drug-likeness (QED) is 0.325. The molecule has 2 aromatic rings. The SMILES string of the molecule is CC(C)COc1cccc(C2/C(=C(/O)c3cccc(Cl)c3)C(=O)C(=O)N2CCCN(C)C)c1. The molecule has 1 fully saturated rings. The fraction of sp³-hybridized carbons (Fsp3) is 0.385. The van der Waals surface area contributed by atoms with Gasteiger partial charge in [0.1, 0.15) is 11.5 Å². The first-order chi connectivity index (χ1) is 15.7. The van der Waals surface area contributed by atoms with Crippen molar-refractivity contribution in [3.63, 3.8) is 0 Å². The number of benzene rings is 2. The first-order valence-corrected chi connectivity index (χ1v) is 11.5. The van der Waals surface area contributed by atoms with Crippen molar-refractivity contribution in [3.8, 4) is 5.75 Å². The van der Waals surface area contributed by atoms with E-state index in [0.29, 0.717) is 47.4 Å². The second-order valence-electron chi connectivity index (χ2n) is 8.94. The zero-order valence-electron chi connectivity index (χ0n) is 19.5. The van der Waals surface area contributed by atoms with Crippen molar-refractivity contribution < 1.29 is 19.4 Å². The van der Waals surface area contributed by atoms with Crippen LogP contribution in [-0.2, 0) is 9.59 Å². The number of hydrogen-bond acceptors (Lipinski definition) is 5. The molecule has 1 aliphatic heterocycles. The van der Waals surface area contributed by atoms with Gasteiger partial charge in [0.15, 0.2) is 0 Å². The molecule has 1 amide bonds. The van der Waals surface area contributed by atoms with E-state index in [1.165, 1.54) is 0 Å². The number of aliphatic hydroxyl groups excluding tert-OH is 1. The summed E-state index contributed by atoms with van der Waals surface area (Å²) >= 11 is 6.10. The zero-order valence-corrected chi connectivity index (χ0v) is 20.3. The third-order valence-electron chi connectivity index (χ3n) is 5.40. The highest BCUT2D eigenvalue weighted by molar-refractivity contribution is 6.46. The van der Waals surface area contributed by atoms with Gasteiger partial charge in [-0.25, -0.2) is 0 Å². The predicted molar refractivity (Wildman–Crippen MR) is 130 cm³/mol. The molecule has 0 aliphatic carbocycles. The van der Waals surface area contributed by atoms with Gasteiger partial charge in [-0.3, -0.25) is 9.59 Å². The van der Waals surface area contributed by atoms with Crippen LogP contribution in [-0.4, -0.2) is 60.4 Å². The number of Topliss-reactive ketones (excluding diaryl/α,β-unsaturated/α-hetero) is 1. The smallest absolute Gasteiger partial charge is 0.295 e.